The lowest BCUT2D eigenvalue weighted by Crippen LogP contribution is -2.33. The molecule has 0 aromatic heterocycles. The van der Waals surface area contributed by atoms with E-state index in [1.165, 1.54) is 11.8 Å². The Bertz CT molecular complexity index is 956. The van der Waals surface area contributed by atoms with Gasteiger partial charge in [0.05, 0.1) is 12.3 Å². The number of para-hydroxylation sites is 1. The molecule has 2 aromatic carbocycles. The van der Waals surface area contributed by atoms with E-state index < -0.39 is 5.25 Å². The number of hydrogen-bond acceptors (Lipinski definition) is 5. The number of amidine groups is 1. The van der Waals surface area contributed by atoms with Crippen molar-refractivity contribution in [1.82, 2.24) is 4.90 Å². The van der Waals surface area contributed by atoms with Crippen molar-refractivity contribution in [2.24, 2.45) is 4.99 Å². The van der Waals surface area contributed by atoms with Crippen LogP contribution in [0.15, 0.2) is 66.2 Å². The van der Waals surface area contributed by atoms with E-state index in [9.17, 15) is 9.59 Å². The number of thioether (sulfide) groups is 1. The van der Waals surface area contributed by atoms with Crippen molar-refractivity contribution in [2.45, 2.75) is 25.5 Å². The number of carbonyl (C=O) groups is 2. The summed E-state index contributed by atoms with van der Waals surface area (Å²) in [5, 5.41) is 2.91. The summed E-state index contributed by atoms with van der Waals surface area (Å²) in [6.07, 6.45) is 1.73. The van der Waals surface area contributed by atoms with Crippen molar-refractivity contribution in [1.29, 1.82) is 0 Å². The highest BCUT2D eigenvalue weighted by Crippen LogP contribution is 2.32. The molecule has 1 aliphatic heterocycles. The molecule has 1 N–H and O–H groups in total. The number of aryl methyl sites for hydroxylation is 1. The highest BCUT2D eigenvalue weighted by atomic mass is 32.2. The normalized spacial score (nSPS) is 17.3. The van der Waals surface area contributed by atoms with E-state index >= 15 is 0 Å². The third-order valence-electron chi connectivity index (χ3n) is 4.48. The molecular weight excluding hydrogens is 398 g/mol. The van der Waals surface area contributed by atoms with E-state index in [-0.39, 0.29) is 18.2 Å². The summed E-state index contributed by atoms with van der Waals surface area (Å²) in [6.45, 7) is 8.56. The smallest absolute Gasteiger partial charge is 0.242 e. The van der Waals surface area contributed by atoms with Gasteiger partial charge in [-0.15, -0.1) is 6.58 Å². The number of aliphatic imine (C=N–C) groups is 1. The Morgan fingerprint density at radius 3 is 2.67 bits per heavy atom. The molecule has 0 radical (unpaired) electrons. The highest BCUT2D eigenvalue weighted by Gasteiger charge is 2.38. The number of benzene rings is 2. The minimum atomic E-state index is -0.518. The molecule has 0 aliphatic carbocycles. The first-order valence-corrected chi connectivity index (χ1v) is 10.7. The molecule has 1 heterocycles. The first-order chi connectivity index (χ1) is 14.5. The van der Waals surface area contributed by atoms with E-state index in [4.69, 9.17) is 4.74 Å². The Morgan fingerprint density at radius 1 is 1.27 bits per heavy atom. The first-order valence-electron chi connectivity index (χ1n) is 9.77. The quantitative estimate of drug-likeness (QED) is 0.633. The second kappa shape index (κ2) is 10.1. The van der Waals surface area contributed by atoms with Gasteiger partial charge in [0.1, 0.15) is 11.0 Å². The number of nitrogens with zero attached hydrogens (tertiary/aromatic N) is 2. The van der Waals surface area contributed by atoms with Crippen LogP contribution in [0.4, 0.5) is 11.4 Å². The van der Waals surface area contributed by atoms with Gasteiger partial charge in [0.2, 0.25) is 11.8 Å². The van der Waals surface area contributed by atoms with Gasteiger partial charge >= 0.3 is 0 Å². The molecular formula is C23H25N3O3S. The molecule has 1 saturated heterocycles. The van der Waals surface area contributed by atoms with Gasteiger partial charge in [0, 0.05) is 18.7 Å². The number of amides is 2. The van der Waals surface area contributed by atoms with Gasteiger partial charge in [0.25, 0.3) is 0 Å². The van der Waals surface area contributed by atoms with Crippen molar-refractivity contribution in [2.75, 3.05) is 18.5 Å². The van der Waals surface area contributed by atoms with Crippen molar-refractivity contribution < 1.29 is 14.3 Å². The lowest BCUT2D eigenvalue weighted by atomic mass is 10.2. The van der Waals surface area contributed by atoms with E-state index in [2.05, 4.69) is 16.9 Å². The van der Waals surface area contributed by atoms with Gasteiger partial charge < -0.3 is 10.1 Å². The maximum Gasteiger partial charge on any atom is 0.242 e. The van der Waals surface area contributed by atoms with Gasteiger partial charge in [-0.1, -0.05) is 36.0 Å². The second-order valence-corrected chi connectivity index (χ2v) is 7.90. The SMILES string of the molecule is C=CCN1C(=O)[C@@H](CC(=O)Nc2ccc(OCC)cc2)SC1=Nc1ccccc1C. The molecule has 1 aliphatic rings. The maximum absolute atomic E-state index is 12.9. The van der Waals surface area contributed by atoms with Gasteiger partial charge in [-0.3, -0.25) is 14.5 Å². The number of anilines is 1. The molecule has 0 saturated carbocycles. The van der Waals surface area contributed by atoms with Crippen LogP contribution in [0.3, 0.4) is 0 Å². The fourth-order valence-electron chi connectivity index (χ4n) is 3.00. The number of ether oxygens (including phenoxy) is 1. The van der Waals surface area contributed by atoms with Gasteiger partial charge in [-0.25, -0.2) is 4.99 Å². The zero-order valence-electron chi connectivity index (χ0n) is 17.1. The van der Waals surface area contributed by atoms with E-state index in [0.29, 0.717) is 24.0 Å². The third kappa shape index (κ3) is 5.30. The summed E-state index contributed by atoms with van der Waals surface area (Å²) in [5.41, 5.74) is 2.49. The summed E-state index contributed by atoms with van der Waals surface area (Å²) >= 11 is 1.32. The second-order valence-electron chi connectivity index (χ2n) is 6.73. The predicted molar refractivity (Wildman–Crippen MR) is 122 cm³/mol. The molecule has 156 valence electrons. The van der Waals surface area contributed by atoms with Crippen molar-refractivity contribution in [3.63, 3.8) is 0 Å². The zero-order chi connectivity index (χ0) is 21.5. The minimum Gasteiger partial charge on any atom is -0.494 e. The molecule has 1 fully saturated rings. The Morgan fingerprint density at radius 2 is 2.00 bits per heavy atom. The fraction of sp³-hybridized carbons (Fsp3) is 0.261. The molecule has 0 bridgehead atoms. The van der Waals surface area contributed by atoms with E-state index in [1.807, 2.05) is 38.1 Å². The van der Waals surface area contributed by atoms with Gasteiger partial charge in [-0.05, 0) is 49.7 Å². The molecule has 30 heavy (non-hydrogen) atoms. The Hall–Kier alpha value is -3.06. The average molecular weight is 424 g/mol. The summed E-state index contributed by atoms with van der Waals surface area (Å²) < 4.78 is 5.40. The van der Waals surface area contributed by atoms with Crippen LogP contribution in [-0.4, -0.2) is 40.3 Å². The summed E-state index contributed by atoms with van der Waals surface area (Å²) in [6, 6.07) is 14.9. The standard InChI is InChI=1S/C23H25N3O3S/c1-4-14-26-22(28)20(30-23(26)25-19-9-7-6-8-16(19)3)15-21(27)24-17-10-12-18(13-11-17)29-5-2/h4,6-13,20H,1,5,14-15H2,2-3H3,(H,24,27)/t20-/m1/s1. The maximum atomic E-state index is 12.9. The van der Waals surface area contributed by atoms with Crippen molar-refractivity contribution in [3.05, 3.63) is 66.7 Å². The van der Waals surface area contributed by atoms with Crippen LogP contribution in [0.2, 0.25) is 0 Å². The van der Waals surface area contributed by atoms with Crippen LogP contribution in [0.5, 0.6) is 5.75 Å². The largest absolute Gasteiger partial charge is 0.494 e. The molecule has 0 unspecified atom stereocenters. The molecule has 3 rings (SSSR count). The van der Waals surface area contributed by atoms with Crippen LogP contribution in [-0.2, 0) is 9.59 Å². The highest BCUT2D eigenvalue weighted by molar-refractivity contribution is 8.15. The van der Waals surface area contributed by atoms with Gasteiger partial charge in [-0.2, -0.15) is 0 Å². The molecule has 0 spiro atoms. The predicted octanol–water partition coefficient (Wildman–Crippen LogP) is 4.54. The zero-order valence-corrected chi connectivity index (χ0v) is 17.9. The molecule has 2 amide bonds. The van der Waals surface area contributed by atoms with Crippen LogP contribution in [0, 0.1) is 6.92 Å². The topological polar surface area (TPSA) is 71.0 Å². The number of rotatable bonds is 8. The van der Waals surface area contributed by atoms with E-state index in [0.717, 1.165) is 17.0 Å². The Balaban J connectivity index is 1.69. The van der Waals surface area contributed by atoms with Crippen LogP contribution >= 0.6 is 11.8 Å². The lowest BCUT2D eigenvalue weighted by molar-refractivity contribution is -0.127. The molecule has 7 heteroatoms. The van der Waals surface area contributed by atoms with Crippen molar-refractivity contribution in [3.8, 4) is 5.75 Å². The average Bonchev–Trinajstić information content (AvgIpc) is 3.00. The van der Waals surface area contributed by atoms with E-state index in [1.54, 1.807) is 35.2 Å². The van der Waals surface area contributed by atoms with Crippen molar-refractivity contribution >= 4 is 40.1 Å². The first kappa shape index (κ1) is 21.6. The lowest BCUT2D eigenvalue weighted by Gasteiger charge is -2.14. The summed E-state index contributed by atoms with van der Waals surface area (Å²) in [4.78, 5) is 31.6. The Kier molecular flexibility index (Phi) is 7.30. The number of carbonyl (C=O) groups excluding carboxylic acids is 2. The van der Waals surface area contributed by atoms with Crippen LogP contribution in [0.1, 0.15) is 18.9 Å². The summed E-state index contributed by atoms with van der Waals surface area (Å²) in [5.74, 6) is 0.393. The Labute approximate surface area is 181 Å². The number of nitrogens with one attached hydrogen (secondary N) is 1. The number of hydrogen-bond donors (Lipinski definition) is 1. The summed E-state index contributed by atoms with van der Waals surface area (Å²) in [7, 11) is 0. The van der Waals surface area contributed by atoms with Gasteiger partial charge in [0.15, 0.2) is 5.17 Å². The monoisotopic (exact) mass is 423 g/mol. The van der Waals surface area contributed by atoms with Crippen LogP contribution < -0.4 is 10.1 Å². The molecule has 1 atom stereocenters. The third-order valence-corrected chi connectivity index (χ3v) is 5.66. The molecule has 6 nitrogen and oxygen atoms in total. The van der Waals surface area contributed by atoms with Crippen LogP contribution in [0.25, 0.3) is 0 Å². The fourth-order valence-corrected chi connectivity index (χ4v) is 4.16. The minimum absolute atomic E-state index is 0.0666. The molecule has 2 aromatic rings.